The molecule has 3 aromatic rings. The first-order chi connectivity index (χ1) is 10.9. The lowest BCUT2D eigenvalue weighted by Gasteiger charge is -2.10. The van der Waals surface area contributed by atoms with Crippen molar-refractivity contribution in [1.82, 2.24) is 14.3 Å². The Morgan fingerprint density at radius 2 is 1.87 bits per heavy atom. The number of nitrogens with one attached hydrogen (secondary N) is 1. The van der Waals surface area contributed by atoms with Gasteiger partial charge in [-0.25, -0.2) is 18.1 Å². The standard InChI is InChI=1S/C17H19N3O2S/c1-12-8-9-16(13(2)10-12)23(21,22)18-11-17-19-14-6-4-5-7-15(14)20(17)3/h4-10,18H,11H2,1-3H3. The van der Waals surface area contributed by atoms with Crippen LogP contribution >= 0.6 is 0 Å². The second kappa shape index (κ2) is 5.79. The molecule has 3 rings (SSSR count). The molecule has 0 bridgehead atoms. The average molecular weight is 329 g/mol. The van der Waals surface area contributed by atoms with Gasteiger partial charge in [-0.15, -0.1) is 0 Å². The third-order valence-electron chi connectivity index (χ3n) is 3.92. The van der Waals surface area contributed by atoms with Crippen LogP contribution in [0.3, 0.4) is 0 Å². The number of fused-ring (bicyclic) bond motifs is 1. The fourth-order valence-corrected chi connectivity index (χ4v) is 3.90. The summed E-state index contributed by atoms with van der Waals surface area (Å²) >= 11 is 0. The van der Waals surface area contributed by atoms with Crippen LogP contribution in [0.15, 0.2) is 47.4 Å². The number of rotatable bonds is 4. The van der Waals surface area contributed by atoms with Crippen LogP contribution in [0.4, 0.5) is 0 Å². The van der Waals surface area contributed by atoms with Crippen molar-refractivity contribution >= 4 is 21.1 Å². The van der Waals surface area contributed by atoms with Crippen molar-refractivity contribution in [3.63, 3.8) is 0 Å². The fourth-order valence-electron chi connectivity index (χ4n) is 2.69. The van der Waals surface area contributed by atoms with E-state index in [0.717, 1.165) is 22.2 Å². The van der Waals surface area contributed by atoms with Crippen LogP contribution in [0, 0.1) is 13.8 Å². The lowest BCUT2D eigenvalue weighted by molar-refractivity contribution is 0.577. The molecule has 5 nitrogen and oxygen atoms in total. The molecule has 0 fully saturated rings. The minimum Gasteiger partial charge on any atom is -0.330 e. The molecule has 0 spiro atoms. The number of para-hydroxylation sites is 2. The number of hydrogen-bond acceptors (Lipinski definition) is 3. The maximum absolute atomic E-state index is 12.5. The molecule has 1 heterocycles. The highest BCUT2D eigenvalue weighted by molar-refractivity contribution is 7.89. The molecule has 0 aliphatic heterocycles. The second-order valence-electron chi connectivity index (χ2n) is 5.67. The van der Waals surface area contributed by atoms with Crippen molar-refractivity contribution in [2.75, 3.05) is 0 Å². The summed E-state index contributed by atoms with van der Waals surface area (Å²) in [4.78, 5) is 4.79. The van der Waals surface area contributed by atoms with Crippen LogP contribution in [0.5, 0.6) is 0 Å². The van der Waals surface area contributed by atoms with Gasteiger partial charge in [-0.3, -0.25) is 0 Å². The summed E-state index contributed by atoms with van der Waals surface area (Å²) in [5.41, 5.74) is 3.61. The van der Waals surface area contributed by atoms with Crippen molar-refractivity contribution in [2.24, 2.45) is 7.05 Å². The Bertz CT molecular complexity index is 975. The molecule has 120 valence electrons. The van der Waals surface area contributed by atoms with Gasteiger partial charge in [0.05, 0.1) is 22.5 Å². The van der Waals surface area contributed by atoms with E-state index in [1.807, 2.05) is 48.9 Å². The Balaban J connectivity index is 1.87. The van der Waals surface area contributed by atoms with E-state index in [1.165, 1.54) is 0 Å². The predicted octanol–water partition coefficient (Wildman–Crippen LogP) is 2.67. The normalized spacial score (nSPS) is 12.0. The zero-order valence-corrected chi connectivity index (χ0v) is 14.2. The smallest absolute Gasteiger partial charge is 0.241 e. The maximum atomic E-state index is 12.5. The number of nitrogens with zero attached hydrogens (tertiary/aromatic N) is 2. The van der Waals surface area contributed by atoms with E-state index in [1.54, 1.807) is 19.1 Å². The fraction of sp³-hybridized carbons (Fsp3) is 0.235. The summed E-state index contributed by atoms with van der Waals surface area (Å²) < 4.78 is 29.6. The van der Waals surface area contributed by atoms with E-state index in [-0.39, 0.29) is 6.54 Å². The van der Waals surface area contributed by atoms with Crippen LogP contribution in [-0.2, 0) is 23.6 Å². The van der Waals surface area contributed by atoms with Gasteiger partial charge >= 0.3 is 0 Å². The van der Waals surface area contributed by atoms with Gasteiger partial charge in [0.25, 0.3) is 0 Å². The first-order valence-corrected chi connectivity index (χ1v) is 8.84. The molecule has 0 atom stereocenters. The largest absolute Gasteiger partial charge is 0.330 e. The molecule has 6 heteroatoms. The third-order valence-corrected chi connectivity index (χ3v) is 5.48. The van der Waals surface area contributed by atoms with Crippen molar-refractivity contribution in [1.29, 1.82) is 0 Å². The molecule has 0 aliphatic rings. The lowest BCUT2D eigenvalue weighted by Crippen LogP contribution is -2.25. The van der Waals surface area contributed by atoms with Crippen LogP contribution < -0.4 is 4.72 Å². The van der Waals surface area contributed by atoms with Gasteiger partial charge in [0, 0.05) is 7.05 Å². The Hall–Kier alpha value is -2.18. The molecule has 0 aliphatic carbocycles. The monoisotopic (exact) mass is 329 g/mol. The third kappa shape index (κ3) is 3.00. The zero-order valence-electron chi connectivity index (χ0n) is 13.4. The van der Waals surface area contributed by atoms with Crippen molar-refractivity contribution in [3.8, 4) is 0 Å². The highest BCUT2D eigenvalue weighted by Gasteiger charge is 2.18. The Morgan fingerprint density at radius 1 is 1.13 bits per heavy atom. The molecular formula is C17H19N3O2S. The van der Waals surface area contributed by atoms with Crippen LogP contribution in [-0.4, -0.2) is 18.0 Å². The summed E-state index contributed by atoms with van der Waals surface area (Å²) in [6.07, 6.45) is 0. The predicted molar refractivity (Wildman–Crippen MR) is 90.7 cm³/mol. The van der Waals surface area contributed by atoms with Crippen molar-refractivity contribution < 1.29 is 8.42 Å². The Kier molecular flexibility index (Phi) is 3.95. The number of benzene rings is 2. The van der Waals surface area contributed by atoms with E-state index in [9.17, 15) is 8.42 Å². The van der Waals surface area contributed by atoms with Crippen molar-refractivity contribution in [2.45, 2.75) is 25.3 Å². The van der Waals surface area contributed by atoms with Crippen LogP contribution in [0.2, 0.25) is 0 Å². The molecule has 0 saturated heterocycles. The summed E-state index contributed by atoms with van der Waals surface area (Å²) in [7, 11) is -1.68. The summed E-state index contributed by atoms with van der Waals surface area (Å²) in [6, 6.07) is 13.0. The topological polar surface area (TPSA) is 64.0 Å². The lowest BCUT2D eigenvalue weighted by atomic mass is 10.2. The summed E-state index contributed by atoms with van der Waals surface area (Å²) in [5, 5.41) is 0. The Morgan fingerprint density at radius 3 is 2.57 bits per heavy atom. The molecule has 0 unspecified atom stereocenters. The van der Waals surface area contributed by atoms with E-state index in [2.05, 4.69) is 9.71 Å². The van der Waals surface area contributed by atoms with Gasteiger partial charge in [0.1, 0.15) is 5.82 Å². The minimum absolute atomic E-state index is 0.154. The van der Waals surface area contributed by atoms with Crippen LogP contribution in [0.1, 0.15) is 17.0 Å². The molecule has 1 N–H and O–H groups in total. The Labute approximate surface area is 136 Å². The zero-order chi connectivity index (χ0) is 16.6. The van der Waals surface area contributed by atoms with Gasteiger partial charge in [-0.2, -0.15) is 0 Å². The van der Waals surface area contributed by atoms with Crippen molar-refractivity contribution in [3.05, 3.63) is 59.4 Å². The van der Waals surface area contributed by atoms with Gasteiger partial charge in [-0.1, -0.05) is 29.8 Å². The molecule has 23 heavy (non-hydrogen) atoms. The van der Waals surface area contributed by atoms with Crippen LogP contribution in [0.25, 0.3) is 11.0 Å². The number of sulfonamides is 1. The minimum atomic E-state index is -3.56. The molecule has 0 amide bonds. The quantitative estimate of drug-likeness (QED) is 0.800. The van der Waals surface area contributed by atoms with Gasteiger partial charge in [0.2, 0.25) is 10.0 Å². The maximum Gasteiger partial charge on any atom is 0.241 e. The first kappa shape index (κ1) is 15.7. The highest BCUT2D eigenvalue weighted by atomic mass is 32.2. The molecule has 0 radical (unpaired) electrons. The van der Waals surface area contributed by atoms with Gasteiger partial charge in [-0.05, 0) is 37.6 Å². The number of imidazole rings is 1. The van der Waals surface area contributed by atoms with Gasteiger partial charge in [0.15, 0.2) is 0 Å². The summed E-state index contributed by atoms with van der Waals surface area (Å²) in [6.45, 7) is 3.90. The molecule has 0 saturated carbocycles. The summed E-state index contributed by atoms with van der Waals surface area (Å²) in [5.74, 6) is 0.680. The highest BCUT2D eigenvalue weighted by Crippen LogP contribution is 2.18. The number of hydrogen-bond donors (Lipinski definition) is 1. The van der Waals surface area contributed by atoms with E-state index >= 15 is 0 Å². The second-order valence-corrected chi connectivity index (χ2v) is 7.40. The van der Waals surface area contributed by atoms with E-state index in [0.29, 0.717) is 10.7 Å². The van der Waals surface area contributed by atoms with E-state index < -0.39 is 10.0 Å². The SMILES string of the molecule is Cc1ccc(S(=O)(=O)NCc2nc3ccccc3n2C)c(C)c1. The molecule has 2 aromatic carbocycles. The average Bonchev–Trinajstić information content (AvgIpc) is 2.82. The number of aromatic nitrogens is 2. The van der Waals surface area contributed by atoms with Gasteiger partial charge < -0.3 is 4.57 Å². The van der Waals surface area contributed by atoms with E-state index in [4.69, 9.17) is 0 Å². The molecule has 1 aromatic heterocycles. The molecular weight excluding hydrogens is 310 g/mol. The number of aryl methyl sites for hydroxylation is 3. The first-order valence-electron chi connectivity index (χ1n) is 7.36.